The van der Waals surface area contributed by atoms with Gasteiger partial charge in [-0.2, -0.15) is 0 Å². The van der Waals surface area contributed by atoms with E-state index in [1.54, 1.807) is 11.6 Å². The van der Waals surface area contributed by atoms with Gasteiger partial charge in [0.25, 0.3) is 11.5 Å². The summed E-state index contributed by atoms with van der Waals surface area (Å²) in [5.74, 6) is 0.749. The molecule has 0 bridgehead atoms. The van der Waals surface area contributed by atoms with E-state index < -0.39 is 0 Å². The van der Waals surface area contributed by atoms with Crippen molar-refractivity contribution >= 4 is 47.1 Å². The maximum absolute atomic E-state index is 13.1. The molecule has 8 heteroatoms. The molecule has 4 aromatic rings. The fourth-order valence-electron chi connectivity index (χ4n) is 4.69. The minimum Gasteiger partial charge on any atom is -0.336 e. The number of nitrogens with zero attached hydrogens (tertiary/aromatic N) is 4. The van der Waals surface area contributed by atoms with Crippen LogP contribution in [0, 0.1) is 6.92 Å². The molecule has 6 nitrogen and oxygen atoms in total. The fourth-order valence-corrected chi connectivity index (χ4v) is 5.62. The number of thioether (sulfide) groups is 1. The summed E-state index contributed by atoms with van der Waals surface area (Å²) in [5, 5.41) is 1.36. The van der Waals surface area contributed by atoms with Gasteiger partial charge in [0.15, 0.2) is 5.16 Å². The largest absolute Gasteiger partial charge is 0.336 e. The van der Waals surface area contributed by atoms with Gasteiger partial charge in [-0.3, -0.25) is 19.1 Å². The minimum absolute atomic E-state index is 0. The number of halogens is 1. The highest BCUT2D eigenvalue weighted by Crippen LogP contribution is 2.23. The average molecular weight is 561 g/mol. The summed E-state index contributed by atoms with van der Waals surface area (Å²) in [4.78, 5) is 34.9. The Hall–Kier alpha value is -3.39. The van der Waals surface area contributed by atoms with Crippen LogP contribution in [0.3, 0.4) is 0 Å². The van der Waals surface area contributed by atoms with Crippen LogP contribution in [0.2, 0.25) is 0 Å². The third-order valence-corrected chi connectivity index (χ3v) is 8.08. The van der Waals surface area contributed by atoms with Gasteiger partial charge in [0.2, 0.25) is 0 Å². The highest BCUT2D eigenvalue weighted by atomic mass is 35.5. The van der Waals surface area contributed by atoms with Gasteiger partial charge < -0.3 is 4.90 Å². The van der Waals surface area contributed by atoms with Crippen LogP contribution in [0.15, 0.2) is 88.8 Å². The first kappa shape index (κ1) is 28.6. The van der Waals surface area contributed by atoms with Crippen molar-refractivity contribution in [3.05, 3.63) is 111 Å². The molecule has 0 radical (unpaired) electrons. The molecule has 0 atom stereocenters. The van der Waals surface area contributed by atoms with Gasteiger partial charge in [-0.05, 0) is 41.8 Å². The predicted molar refractivity (Wildman–Crippen MR) is 163 cm³/mol. The van der Waals surface area contributed by atoms with E-state index >= 15 is 0 Å². The lowest BCUT2D eigenvalue weighted by molar-refractivity contribution is 0.0650. The summed E-state index contributed by atoms with van der Waals surface area (Å²) >= 11 is 1.53. The summed E-state index contributed by atoms with van der Waals surface area (Å²) in [7, 11) is 1.77. The summed E-state index contributed by atoms with van der Waals surface area (Å²) in [6.45, 7) is 6.03. The van der Waals surface area contributed by atoms with E-state index in [4.69, 9.17) is 4.98 Å². The van der Waals surface area contributed by atoms with Gasteiger partial charge in [-0.1, -0.05) is 78.5 Å². The van der Waals surface area contributed by atoms with E-state index in [1.165, 1.54) is 17.3 Å². The quantitative estimate of drug-likeness (QED) is 0.223. The first-order chi connectivity index (χ1) is 18.5. The zero-order valence-electron chi connectivity index (χ0n) is 22.2. The number of carbonyl (C=O) groups excluding carboxylic acids is 1. The molecule has 39 heavy (non-hydrogen) atoms. The van der Waals surface area contributed by atoms with Crippen molar-refractivity contribution in [1.29, 1.82) is 0 Å². The van der Waals surface area contributed by atoms with E-state index in [2.05, 4.69) is 29.2 Å². The minimum atomic E-state index is -0.0242. The summed E-state index contributed by atoms with van der Waals surface area (Å²) in [6, 6.07) is 23.9. The monoisotopic (exact) mass is 560 g/mol. The standard InChI is InChI=1S/C31H32N4O2S.ClH/c1-23-8-6-12-27-28(23)30(37)33(2)31(32-27)38-22-25-13-15-26(16-14-25)29(36)35-20-18-34(19-21-35)17-7-11-24-9-4-3-5-10-24;/h3-16H,17-22H2,1-2H3;1H. The molecule has 0 spiro atoms. The Morgan fingerprint density at radius 1 is 0.949 bits per heavy atom. The SMILES string of the molecule is Cc1cccc2nc(SCc3ccc(C(=O)N4CCN(CC=Cc5ccccc5)CC4)cc3)n(C)c(=O)c12.Cl. The van der Waals surface area contributed by atoms with Crippen LogP contribution in [0.25, 0.3) is 17.0 Å². The molecular weight excluding hydrogens is 528 g/mol. The molecule has 3 aromatic carbocycles. The number of benzene rings is 3. The Morgan fingerprint density at radius 2 is 1.67 bits per heavy atom. The van der Waals surface area contributed by atoms with E-state index in [0.717, 1.165) is 49.4 Å². The van der Waals surface area contributed by atoms with E-state index in [-0.39, 0.29) is 23.9 Å². The van der Waals surface area contributed by atoms with Crippen LogP contribution < -0.4 is 5.56 Å². The number of rotatable bonds is 7. The molecule has 1 amide bonds. The second kappa shape index (κ2) is 13.1. The lowest BCUT2D eigenvalue weighted by Gasteiger charge is -2.34. The highest BCUT2D eigenvalue weighted by molar-refractivity contribution is 7.98. The van der Waals surface area contributed by atoms with Crippen molar-refractivity contribution in [3.63, 3.8) is 0 Å². The fraction of sp³-hybridized carbons (Fsp3) is 0.258. The van der Waals surface area contributed by atoms with Crippen molar-refractivity contribution in [1.82, 2.24) is 19.4 Å². The Labute approximate surface area is 239 Å². The molecular formula is C31H33ClN4O2S. The number of hydrogen-bond donors (Lipinski definition) is 0. The number of fused-ring (bicyclic) bond motifs is 1. The molecule has 1 aliphatic heterocycles. The summed E-state index contributed by atoms with van der Waals surface area (Å²) in [6.07, 6.45) is 4.34. The van der Waals surface area contributed by atoms with Crippen LogP contribution in [0.4, 0.5) is 0 Å². The first-order valence-corrected chi connectivity index (χ1v) is 13.9. The normalized spacial score (nSPS) is 14.1. The van der Waals surface area contributed by atoms with Crippen molar-refractivity contribution in [2.45, 2.75) is 17.8 Å². The van der Waals surface area contributed by atoms with Gasteiger partial charge in [-0.15, -0.1) is 12.4 Å². The van der Waals surface area contributed by atoms with Crippen LogP contribution in [0.5, 0.6) is 0 Å². The van der Waals surface area contributed by atoms with Crippen molar-refractivity contribution in [3.8, 4) is 0 Å². The maximum Gasteiger partial charge on any atom is 0.262 e. The Kier molecular flexibility index (Phi) is 9.62. The molecule has 2 heterocycles. The molecule has 1 fully saturated rings. The lowest BCUT2D eigenvalue weighted by Crippen LogP contribution is -2.48. The van der Waals surface area contributed by atoms with Crippen LogP contribution in [-0.4, -0.2) is 58.0 Å². The molecule has 5 rings (SSSR count). The molecule has 0 saturated carbocycles. The first-order valence-electron chi connectivity index (χ1n) is 12.9. The van der Waals surface area contributed by atoms with E-state index in [1.807, 2.05) is 72.5 Å². The van der Waals surface area contributed by atoms with Crippen LogP contribution in [-0.2, 0) is 12.8 Å². The average Bonchev–Trinajstić information content (AvgIpc) is 2.95. The smallest absolute Gasteiger partial charge is 0.262 e. The van der Waals surface area contributed by atoms with Crippen LogP contribution >= 0.6 is 24.2 Å². The van der Waals surface area contributed by atoms with Gasteiger partial charge in [0, 0.05) is 51.1 Å². The van der Waals surface area contributed by atoms with Gasteiger partial charge in [0.1, 0.15) is 0 Å². The Morgan fingerprint density at radius 3 is 2.38 bits per heavy atom. The number of aryl methyl sites for hydroxylation is 1. The molecule has 1 saturated heterocycles. The Bertz CT molecular complexity index is 1510. The second-order valence-corrected chi connectivity index (χ2v) is 10.6. The highest BCUT2D eigenvalue weighted by Gasteiger charge is 2.21. The number of hydrogen-bond acceptors (Lipinski definition) is 5. The van der Waals surface area contributed by atoms with Gasteiger partial charge >= 0.3 is 0 Å². The van der Waals surface area contributed by atoms with Crippen molar-refractivity contribution in [2.24, 2.45) is 7.05 Å². The van der Waals surface area contributed by atoms with E-state index in [0.29, 0.717) is 21.9 Å². The third kappa shape index (κ3) is 6.79. The van der Waals surface area contributed by atoms with Gasteiger partial charge in [-0.25, -0.2) is 4.98 Å². The number of piperazine rings is 1. The molecule has 202 valence electrons. The molecule has 1 aliphatic rings. The number of amides is 1. The van der Waals surface area contributed by atoms with Gasteiger partial charge in [0.05, 0.1) is 10.9 Å². The lowest BCUT2D eigenvalue weighted by atomic mass is 10.1. The topological polar surface area (TPSA) is 58.4 Å². The Balaban J connectivity index is 0.00000353. The van der Waals surface area contributed by atoms with E-state index in [9.17, 15) is 9.59 Å². The molecule has 1 aromatic heterocycles. The zero-order chi connectivity index (χ0) is 26.5. The number of carbonyl (C=O) groups is 1. The third-order valence-electron chi connectivity index (χ3n) is 6.97. The second-order valence-electron chi connectivity index (χ2n) is 9.62. The molecule has 0 aliphatic carbocycles. The number of aromatic nitrogens is 2. The van der Waals surface area contributed by atoms with Crippen LogP contribution in [0.1, 0.15) is 27.0 Å². The molecule has 0 unspecified atom stereocenters. The maximum atomic E-state index is 13.1. The summed E-state index contributed by atoms with van der Waals surface area (Å²) in [5.41, 5.74) is 4.64. The molecule has 0 N–H and O–H groups in total. The van der Waals surface area contributed by atoms with Crippen molar-refractivity contribution < 1.29 is 4.79 Å². The zero-order valence-corrected chi connectivity index (χ0v) is 23.9. The van der Waals surface area contributed by atoms with Crippen molar-refractivity contribution in [2.75, 3.05) is 32.7 Å². The predicted octanol–water partition coefficient (Wildman–Crippen LogP) is 5.43. The summed E-state index contributed by atoms with van der Waals surface area (Å²) < 4.78 is 1.62.